The highest BCUT2D eigenvalue weighted by Crippen LogP contribution is 2.21. The van der Waals surface area contributed by atoms with Crippen molar-refractivity contribution in [2.24, 2.45) is 0 Å². The fourth-order valence-electron chi connectivity index (χ4n) is 1.04. The van der Waals surface area contributed by atoms with E-state index < -0.39 is 0 Å². The second-order valence-corrected chi connectivity index (χ2v) is 4.53. The van der Waals surface area contributed by atoms with Crippen LogP contribution in [0.5, 0.6) is 0 Å². The predicted molar refractivity (Wildman–Crippen MR) is 58.6 cm³/mol. The van der Waals surface area contributed by atoms with E-state index in [0.29, 0.717) is 0 Å². The SMILES string of the molecule is Cc1cc(C=CC(=O)CCl)c(C)s1. The Balaban J connectivity index is 2.79. The lowest BCUT2D eigenvalue weighted by molar-refractivity contribution is -0.112. The second kappa shape index (κ2) is 4.58. The molecular formula is C10H11ClOS. The summed E-state index contributed by atoms with van der Waals surface area (Å²) in [5, 5.41) is 0. The Labute approximate surface area is 87.0 Å². The van der Waals surface area contributed by atoms with Crippen LogP contribution in [0.2, 0.25) is 0 Å². The van der Waals surface area contributed by atoms with Crippen LogP contribution < -0.4 is 0 Å². The molecule has 0 spiro atoms. The minimum Gasteiger partial charge on any atom is -0.294 e. The molecule has 1 nitrogen and oxygen atoms in total. The van der Waals surface area contributed by atoms with E-state index in [0.717, 1.165) is 5.56 Å². The average molecular weight is 215 g/mol. The maximum atomic E-state index is 10.9. The molecule has 0 fully saturated rings. The molecule has 0 saturated heterocycles. The molecule has 0 radical (unpaired) electrons. The lowest BCUT2D eigenvalue weighted by Gasteiger charge is -1.87. The number of alkyl halides is 1. The molecule has 0 aliphatic carbocycles. The third-order valence-electron chi connectivity index (χ3n) is 1.66. The number of carbonyl (C=O) groups excluding carboxylic acids is 1. The highest BCUT2D eigenvalue weighted by atomic mass is 35.5. The van der Waals surface area contributed by atoms with Gasteiger partial charge in [0, 0.05) is 9.75 Å². The van der Waals surface area contributed by atoms with Crippen LogP contribution in [0.3, 0.4) is 0 Å². The quantitative estimate of drug-likeness (QED) is 0.558. The predicted octanol–water partition coefficient (Wildman–Crippen LogP) is 3.19. The number of hydrogen-bond acceptors (Lipinski definition) is 2. The van der Waals surface area contributed by atoms with E-state index in [4.69, 9.17) is 11.6 Å². The van der Waals surface area contributed by atoms with Gasteiger partial charge in [-0.15, -0.1) is 22.9 Å². The summed E-state index contributed by atoms with van der Waals surface area (Å²) in [7, 11) is 0. The summed E-state index contributed by atoms with van der Waals surface area (Å²) in [5.41, 5.74) is 1.11. The van der Waals surface area contributed by atoms with Crippen LogP contribution in [-0.4, -0.2) is 11.7 Å². The molecule has 0 aliphatic heterocycles. The molecule has 1 aromatic rings. The summed E-state index contributed by atoms with van der Waals surface area (Å²) in [6.45, 7) is 4.10. The van der Waals surface area contributed by atoms with Gasteiger partial charge in [-0.3, -0.25) is 4.79 Å². The number of thiophene rings is 1. The number of ketones is 1. The molecule has 13 heavy (non-hydrogen) atoms. The van der Waals surface area contributed by atoms with E-state index in [1.165, 1.54) is 15.8 Å². The van der Waals surface area contributed by atoms with Gasteiger partial charge in [0.05, 0.1) is 5.88 Å². The molecule has 3 heteroatoms. The third kappa shape index (κ3) is 2.98. The molecule has 1 heterocycles. The van der Waals surface area contributed by atoms with Crippen molar-refractivity contribution in [1.29, 1.82) is 0 Å². The number of allylic oxidation sites excluding steroid dienone is 1. The van der Waals surface area contributed by atoms with Gasteiger partial charge in [-0.2, -0.15) is 0 Å². The fourth-order valence-corrected chi connectivity index (χ4v) is 2.05. The Hall–Kier alpha value is -0.600. The maximum Gasteiger partial charge on any atom is 0.170 e. The van der Waals surface area contributed by atoms with Gasteiger partial charge in [-0.25, -0.2) is 0 Å². The summed E-state index contributed by atoms with van der Waals surface area (Å²) in [6.07, 6.45) is 3.35. The molecule has 0 saturated carbocycles. The zero-order valence-corrected chi connectivity index (χ0v) is 9.21. The van der Waals surface area contributed by atoms with Crippen molar-refractivity contribution in [3.63, 3.8) is 0 Å². The first-order valence-electron chi connectivity index (χ1n) is 3.97. The molecule has 0 atom stereocenters. The first-order chi connectivity index (χ1) is 6.13. The van der Waals surface area contributed by atoms with Crippen LogP contribution in [0.1, 0.15) is 15.3 Å². The van der Waals surface area contributed by atoms with Crippen molar-refractivity contribution in [2.75, 3.05) is 5.88 Å². The Morgan fingerprint density at radius 1 is 1.62 bits per heavy atom. The van der Waals surface area contributed by atoms with E-state index in [2.05, 4.69) is 13.0 Å². The summed E-state index contributed by atoms with van der Waals surface area (Å²) >= 11 is 7.10. The van der Waals surface area contributed by atoms with Crippen LogP contribution in [0.4, 0.5) is 0 Å². The van der Waals surface area contributed by atoms with E-state index in [1.807, 2.05) is 13.0 Å². The van der Waals surface area contributed by atoms with Crippen molar-refractivity contribution in [3.8, 4) is 0 Å². The van der Waals surface area contributed by atoms with Crippen molar-refractivity contribution >= 4 is 34.8 Å². The van der Waals surface area contributed by atoms with E-state index >= 15 is 0 Å². The Morgan fingerprint density at radius 2 is 2.31 bits per heavy atom. The lowest BCUT2D eigenvalue weighted by atomic mass is 10.2. The first kappa shape index (κ1) is 10.5. The monoisotopic (exact) mass is 214 g/mol. The van der Waals surface area contributed by atoms with Crippen LogP contribution in [0.15, 0.2) is 12.1 Å². The highest BCUT2D eigenvalue weighted by molar-refractivity contribution is 7.12. The highest BCUT2D eigenvalue weighted by Gasteiger charge is 1.99. The molecule has 0 unspecified atom stereocenters. The molecule has 70 valence electrons. The number of rotatable bonds is 3. The standard InChI is InChI=1S/C10H11ClOS/c1-7-5-9(8(2)13-7)3-4-10(12)6-11/h3-5H,6H2,1-2H3. The average Bonchev–Trinajstić information content (AvgIpc) is 2.41. The van der Waals surface area contributed by atoms with Gasteiger partial charge in [-0.05, 0) is 31.6 Å². The van der Waals surface area contributed by atoms with E-state index in [-0.39, 0.29) is 11.7 Å². The number of hydrogen-bond donors (Lipinski definition) is 0. The molecule has 0 amide bonds. The zero-order chi connectivity index (χ0) is 9.84. The van der Waals surface area contributed by atoms with Crippen LogP contribution in [-0.2, 0) is 4.79 Å². The number of halogens is 1. The minimum atomic E-state index is -0.0510. The van der Waals surface area contributed by atoms with Crippen molar-refractivity contribution in [2.45, 2.75) is 13.8 Å². The van der Waals surface area contributed by atoms with Gasteiger partial charge in [0.1, 0.15) is 0 Å². The molecule has 0 bridgehead atoms. The van der Waals surface area contributed by atoms with Gasteiger partial charge in [-0.1, -0.05) is 6.08 Å². The zero-order valence-electron chi connectivity index (χ0n) is 7.63. The third-order valence-corrected chi connectivity index (χ3v) is 2.90. The molecule has 1 aromatic heterocycles. The number of aryl methyl sites for hydroxylation is 2. The van der Waals surface area contributed by atoms with E-state index in [1.54, 1.807) is 11.3 Å². The molecular weight excluding hydrogens is 204 g/mol. The first-order valence-corrected chi connectivity index (χ1v) is 5.32. The minimum absolute atomic E-state index is 0.0510. The Bertz CT molecular complexity index is 339. The second-order valence-electron chi connectivity index (χ2n) is 2.80. The molecule has 1 rings (SSSR count). The Morgan fingerprint density at radius 3 is 2.77 bits per heavy atom. The fraction of sp³-hybridized carbons (Fsp3) is 0.300. The summed E-state index contributed by atoms with van der Waals surface area (Å²) in [6, 6.07) is 2.07. The number of carbonyl (C=O) groups is 1. The largest absolute Gasteiger partial charge is 0.294 e. The Kier molecular flexibility index (Phi) is 3.70. The van der Waals surface area contributed by atoms with Crippen molar-refractivity contribution < 1.29 is 4.79 Å². The van der Waals surface area contributed by atoms with Crippen LogP contribution >= 0.6 is 22.9 Å². The van der Waals surface area contributed by atoms with E-state index in [9.17, 15) is 4.79 Å². The maximum absolute atomic E-state index is 10.9. The topological polar surface area (TPSA) is 17.1 Å². The molecule has 0 aliphatic rings. The van der Waals surface area contributed by atoms with Gasteiger partial charge in [0.25, 0.3) is 0 Å². The van der Waals surface area contributed by atoms with Crippen molar-refractivity contribution in [1.82, 2.24) is 0 Å². The summed E-state index contributed by atoms with van der Waals surface area (Å²) < 4.78 is 0. The van der Waals surface area contributed by atoms with Gasteiger partial charge < -0.3 is 0 Å². The molecule has 0 aromatic carbocycles. The van der Waals surface area contributed by atoms with Gasteiger partial charge in [0.15, 0.2) is 5.78 Å². The van der Waals surface area contributed by atoms with Crippen molar-refractivity contribution in [3.05, 3.63) is 27.5 Å². The van der Waals surface area contributed by atoms with Crippen LogP contribution in [0.25, 0.3) is 6.08 Å². The van der Waals surface area contributed by atoms with Crippen LogP contribution in [0, 0.1) is 13.8 Å². The van der Waals surface area contributed by atoms with Gasteiger partial charge in [0.2, 0.25) is 0 Å². The van der Waals surface area contributed by atoms with Gasteiger partial charge >= 0.3 is 0 Å². The molecule has 0 N–H and O–H groups in total. The summed E-state index contributed by atoms with van der Waals surface area (Å²) in [4.78, 5) is 13.4. The smallest absolute Gasteiger partial charge is 0.170 e. The summed E-state index contributed by atoms with van der Waals surface area (Å²) in [5.74, 6) is 0.00323. The normalized spacial score (nSPS) is 11.0. The lowest BCUT2D eigenvalue weighted by Crippen LogP contribution is -1.91.